The number of rotatable bonds is 6. The minimum atomic E-state index is -0.618. The molecule has 6 heteroatoms. The number of para-hydroxylation sites is 1. The molecule has 0 aliphatic heterocycles. The molecule has 0 unspecified atom stereocenters. The molecule has 2 aromatic carbocycles. The zero-order valence-corrected chi connectivity index (χ0v) is 12.0. The van der Waals surface area contributed by atoms with Crippen molar-refractivity contribution in [1.29, 1.82) is 0 Å². The van der Waals surface area contributed by atoms with Crippen molar-refractivity contribution in [3.63, 3.8) is 0 Å². The van der Waals surface area contributed by atoms with Crippen LogP contribution in [0.15, 0.2) is 48.5 Å². The van der Waals surface area contributed by atoms with Gasteiger partial charge in [0.1, 0.15) is 17.1 Å². The monoisotopic (exact) mass is 301 g/mol. The molecule has 0 N–H and O–H groups in total. The topological polar surface area (TPSA) is 78.7 Å². The van der Waals surface area contributed by atoms with Gasteiger partial charge in [-0.25, -0.2) is 4.79 Å². The molecule has 2 rings (SSSR count). The second-order valence-corrected chi connectivity index (χ2v) is 4.49. The summed E-state index contributed by atoms with van der Waals surface area (Å²) in [4.78, 5) is 22.4. The van der Waals surface area contributed by atoms with E-state index < -0.39 is 10.9 Å². The van der Waals surface area contributed by atoms with E-state index in [1.807, 2.05) is 6.92 Å². The summed E-state index contributed by atoms with van der Waals surface area (Å²) in [7, 11) is 0. The molecule has 0 aromatic heterocycles. The van der Waals surface area contributed by atoms with Crippen LogP contribution in [0.1, 0.15) is 23.7 Å². The van der Waals surface area contributed by atoms with Gasteiger partial charge in [0.15, 0.2) is 0 Å². The SMILES string of the molecule is CCCOc1ccccc1C(=O)Oc1cccc([N+](=O)[O-])c1. The Kier molecular flexibility index (Phi) is 5.08. The summed E-state index contributed by atoms with van der Waals surface area (Å²) in [5, 5.41) is 10.7. The molecule has 0 heterocycles. The smallest absolute Gasteiger partial charge is 0.347 e. The molecular formula is C16H15NO5. The van der Waals surface area contributed by atoms with Gasteiger partial charge in [-0.05, 0) is 24.6 Å². The van der Waals surface area contributed by atoms with Crippen molar-refractivity contribution in [2.45, 2.75) is 13.3 Å². The van der Waals surface area contributed by atoms with Gasteiger partial charge in [-0.2, -0.15) is 0 Å². The summed E-state index contributed by atoms with van der Waals surface area (Å²) in [6, 6.07) is 12.2. The second-order valence-electron chi connectivity index (χ2n) is 4.49. The highest BCUT2D eigenvalue weighted by Crippen LogP contribution is 2.23. The first-order valence-corrected chi connectivity index (χ1v) is 6.80. The lowest BCUT2D eigenvalue weighted by Crippen LogP contribution is -2.11. The third kappa shape index (κ3) is 3.82. The first-order chi connectivity index (χ1) is 10.6. The van der Waals surface area contributed by atoms with E-state index in [1.165, 1.54) is 24.3 Å². The number of nitro groups is 1. The van der Waals surface area contributed by atoms with E-state index in [1.54, 1.807) is 24.3 Å². The van der Waals surface area contributed by atoms with Gasteiger partial charge in [-0.15, -0.1) is 0 Å². The highest BCUT2D eigenvalue weighted by Gasteiger charge is 2.16. The van der Waals surface area contributed by atoms with Gasteiger partial charge in [0, 0.05) is 6.07 Å². The van der Waals surface area contributed by atoms with Crippen LogP contribution in [-0.4, -0.2) is 17.5 Å². The van der Waals surface area contributed by atoms with Gasteiger partial charge in [0.25, 0.3) is 5.69 Å². The standard InChI is InChI=1S/C16H15NO5/c1-2-10-21-15-9-4-3-8-14(15)16(18)22-13-7-5-6-12(11-13)17(19)20/h3-9,11H,2,10H2,1H3. The van der Waals surface area contributed by atoms with Crippen LogP contribution in [0.5, 0.6) is 11.5 Å². The first-order valence-electron chi connectivity index (χ1n) is 6.80. The van der Waals surface area contributed by atoms with Crippen LogP contribution in [0.2, 0.25) is 0 Å². The van der Waals surface area contributed by atoms with E-state index in [9.17, 15) is 14.9 Å². The van der Waals surface area contributed by atoms with Gasteiger partial charge in [-0.3, -0.25) is 10.1 Å². The van der Waals surface area contributed by atoms with E-state index in [4.69, 9.17) is 9.47 Å². The molecule has 6 nitrogen and oxygen atoms in total. The Labute approximate surface area is 127 Å². The number of hydrogen-bond donors (Lipinski definition) is 0. The number of non-ortho nitro benzene ring substituents is 1. The molecule has 2 aromatic rings. The van der Waals surface area contributed by atoms with Crippen LogP contribution in [-0.2, 0) is 0 Å². The maximum atomic E-state index is 12.2. The van der Waals surface area contributed by atoms with Gasteiger partial charge >= 0.3 is 5.97 Å². The van der Waals surface area contributed by atoms with Crippen molar-refractivity contribution in [1.82, 2.24) is 0 Å². The van der Waals surface area contributed by atoms with E-state index in [0.717, 1.165) is 6.42 Å². The molecule has 0 aliphatic rings. The summed E-state index contributed by atoms with van der Waals surface area (Å²) in [6.45, 7) is 2.45. The lowest BCUT2D eigenvalue weighted by atomic mass is 10.2. The quantitative estimate of drug-likeness (QED) is 0.352. The van der Waals surface area contributed by atoms with E-state index >= 15 is 0 Å². The van der Waals surface area contributed by atoms with Crippen molar-refractivity contribution in [3.8, 4) is 11.5 Å². The molecular weight excluding hydrogens is 286 g/mol. The Bertz CT molecular complexity index is 684. The number of nitrogens with zero attached hydrogens (tertiary/aromatic N) is 1. The number of esters is 1. The van der Waals surface area contributed by atoms with E-state index in [0.29, 0.717) is 12.4 Å². The van der Waals surface area contributed by atoms with Crippen LogP contribution in [0.4, 0.5) is 5.69 Å². The van der Waals surface area contributed by atoms with Gasteiger partial charge < -0.3 is 9.47 Å². The first kappa shape index (κ1) is 15.5. The van der Waals surface area contributed by atoms with Crippen molar-refractivity contribution in [2.24, 2.45) is 0 Å². The predicted molar refractivity (Wildman–Crippen MR) is 80.3 cm³/mol. The summed E-state index contributed by atoms with van der Waals surface area (Å²) >= 11 is 0. The average Bonchev–Trinajstić information content (AvgIpc) is 2.53. The molecule has 0 bridgehead atoms. The van der Waals surface area contributed by atoms with Gasteiger partial charge in [0.2, 0.25) is 0 Å². The fourth-order valence-electron chi connectivity index (χ4n) is 1.80. The van der Waals surface area contributed by atoms with Crippen LogP contribution < -0.4 is 9.47 Å². The summed E-state index contributed by atoms with van der Waals surface area (Å²) < 4.78 is 10.7. The van der Waals surface area contributed by atoms with Gasteiger partial charge in [0.05, 0.1) is 17.6 Å². The Morgan fingerprint density at radius 3 is 2.68 bits per heavy atom. The average molecular weight is 301 g/mol. The van der Waals surface area contributed by atoms with Crippen LogP contribution in [0.25, 0.3) is 0 Å². The second kappa shape index (κ2) is 7.21. The fourth-order valence-corrected chi connectivity index (χ4v) is 1.80. The van der Waals surface area contributed by atoms with Crippen LogP contribution in [0, 0.1) is 10.1 Å². The number of benzene rings is 2. The molecule has 0 aliphatic carbocycles. The van der Waals surface area contributed by atoms with Gasteiger partial charge in [-0.1, -0.05) is 25.1 Å². The molecule has 0 saturated heterocycles. The summed E-state index contributed by atoms with van der Waals surface area (Å²) in [5.74, 6) is -0.0727. The van der Waals surface area contributed by atoms with Crippen LogP contribution >= 0.6 is 0 Å². The Morgan fingerprint density at radius 2 is 1.95 bits per heavy atom. The van der Waals surface area contributed by atoms with E-state index in [-0.39, 0.29) is 17.0 Å². The Balaban J connectivity index is 2.19. The Morgan fingerprint density at radius 1 is 1.18 bits per heavy atom. The highest BCUT2D eigenvalue weighted by molar-refractivity contribution is 5.94. The number of carbonyl (C=O) groups excluding carboxylic acids is 1. The third-order valence-electron chi connectivity index (χ3n) is 2.81. The lowest BCUT2D eigenvalue weighted by molar-refractivity contribution is -0.384. The maximum Gasteiger partial charge on any atom is 0.347 e. The zero-order chi connectivity index (χ0) is 15.9. The largest absolute Gasteiger partial charge is 0.493 e. The minimum Gasteiger partial charge on any atom is -0.493 e. The molecule has 0 amide bonds. The zero-order valence-electron chi connectivity index (χ0n) is 12.0. The van der Waals surface area contributed by atoms with Crippen molar-refractivity contribution in [2.75, 3.05) is 6.61 Å². The number of hydrogen-bond acceptors (Lipinski definition) is 5. The maximum absolute atomic E-state index is 12.2. The molecule has 114 valence electrons. The molecule has 0 atom stereocenters. The minimum absolute atomic E-state index is 0.115. The highest BCUT2D eigenvalue weighted by atomic mass is 16.6. The normalized spacial score (nSPS) is 10.0. The fraction of sp³-hybridized carbons (Fsp3) is 0.188. The molecule has 0 radical (unpaired) electrons. The van der Waals surface area contributed by atoms with Crippen molar-refractivity contribution >= 4 is 11.7 Å². The van der Waals surface area contributed by atoms with Crippen LogP contribution in [0.3, 0.4) is 0 Å². The summed E-state index contributed by atoms with van der Waals surface area (Å²) in [6.07, 6.45) is 0.814. The number of carbonyl (C=O) groups is 1. The molecule has 0 saturated carbocycles. The van der Waals surface area contributed by atoms with Crippen molar-refractivity contribution < 1.29 is 19.2 Å². The Hall–Kier alpha value is -2.89. The molecule has 22 heavy (non-hydrogen) atoms. The van der Waals surface area contributed by atoms with E-state index in [2.05, 4.69) is 0 Å². The lowest BCUT2D eigenvalue weighted by Gasteiger charge is -2.10. The predicted octanol–water partition coefficient (Wildman–Crippen LogP) is 3.60. The third-order valence-corrected chi connectivity index (χ3v) is 2.81. The molecule has 0 fully saturated rings. The molecule has 0 spiro atoms. The number of ether oxygens (including phenoxy) is 2. The number of nitro benzene ring substituents is 1. The summed E-state index contributed by atoms with van der Waals surface area (Å²) in [5.41, 5.74) is 0.142. The van der Waals surface area contributed by atoms with Crippen molar-refractivity contribution in [3.05, 3.63) is 64.2 Å².